The first-order chi connectivity index (χ1) is 10.1. The van der Waals surface area contributed by atoms with Gasteiger partial charge in [0.05, 0.1) is 13.1 Å². The molecule has 1 N–H and O–H groups in total. The highest BCUT2D eigenvalue weighted by molar-refractivity contribution is 6.30. The Balaban J connectivity index is 2.07. The van der Waals surface area contributed by atoms with Crippen LogP contribution in [0.15, 0.2) is 28.7 Å². The second-order valence-corrected chi connectivity index (χ2v) is 5.05. The van der Waals surface area contributed by atoms with Crippen molar-refractivity contribution >= 4 is 17.6 Å². The number of carboxylic acid groups (broad SMARTS) is 1. The molecule has 1 aromatic heterocycles. The van der Waals surface area contributed by atoms with Crippen LogP contribution in [0.4, 0.5) is 0 Å². The minimum absolute atomic E-state index is 0.0491. The second-order valence-electron chi connectivity index (χ2n) is 4.61. The largest absolute Gasteiger partial charge is 0.480 e. The Hall–Kier alpha value is -1.92. The summed E-state index contributed by atoms with van der Waals surface area (Å²) in [6, 6.07) is 7.07. The van der Waals surface area contributed by atoms with Crippen molar-refractivity contribution in [2.45, 2.75) is 19.9 Å². The first-order valence-corrected chi connectivity index (χ1v) is 6.98. The van der Waals surface area contributed by atoms with Gasteiger partial charge in [-0.15, -0.1) is 10.2 Å². The van der Waals surface area contributed by atoms with Crippen LogP contribution in [0.2, 0.25) is 5.02 Å². The summed E-state index contributed by atoms with van der Waals surface area (Å²) in [4.78, 5) is 12.6. The minimum Gasteiger partial charge on any atom is -0.480 e. The van der Waals surface area contributed by atoms with Crippen molar-refractivity contribution < 1.29 is 14.3 Å². The number of nitrogens with zero attached hydrogens (tertiary/aromatic N) is 3. The van der Waals surface area contributed by atoms with Gasteiger partial charge in [-0.2, -0.15) is 0 Å². The highest BCUT2D eigenvalue weighted by Gasteiger charge is 2.14. The summed E-state index contributed by atoms with van der Waals surface area (Å²) < 4.78 is 5.57. The van der Waals surface area contributed by atoms with Crippen LogP contribution in [0, 0.1) is 0 Å². The number of benzene rings is 1. The highest BCUT2D eigenvalue weighted by Crippen LogP contribution is 2.20. The van der Waals surface area contributed by atoms with Gasteiger partial charge in [-0.05, 0) is 37.2 Å². The van der Waals surface area contributed by atoms with Gasteiger partial charge < -0.3 is 9.52 Å². The fourth-order valence-electron chi connectivity index (χ4n) is 1.94. The summed E-state index contributed by atoms with van der Waals surface area (Å²) in [5.41, 5.74) is 0.776. The standard InChI is InChI=1S/C14H16ClN3O3/c1-2-7-18(9-13(19)20)8-12-16-17-14(21-12)10-3-5-11(15)6-4-10/h3-6H,2,7-9H2,1H3,(H,19,20). The Kier molecular flexibility index (Phi) is 5.30. The summed E-state index contributed by atoms with van der Waals surface area (Å²) >= 11 is 5.83. The van der Waals surface area contributed by atoms with Gasteiger partial charge in [0.25, 0.3) is 0 Å². The molecule has 0 aliphatic carbocycles. The zero-order valence-electron chi connectivity index (χ0n) is 11.6. The Morgan fingerprint density at radius 1 is 1.33 bits per heavy atom. The van der Waals surface area contributed by atoms with Gasteiger partial charge >= 0.3 is 5.97 Å². The molecule has 0 spiro atoms. The van der Waals surface area contributed by atoms with E-state index in [1.165, 1.54) is 0 Å². The molecule has 0 aliphatic heterocycles. The second kappa shape index (κ2) is 7.19. The van der Waals surface area contributed by atoms with Crippen molar-refractivity contribution in [1.82, 2.24) is 15.1 Å². The van der Waals surface area contributed by atoms with Gasteiger partial charge in [-0.1, -0.05) is 18.5 Å². The number of aromatic nitrogens is 2. The van der Waals surface area contributed by atoms with Crippen molar-refractivity contribution in [3.63, 3.8) is 0 Å². The Labute approximate surface area is 127 Å². The molecule has 0 radical (unpaired) electrons. The third-order valence-electron chi connectivity index (χ3n) is 2.82. The van der Waals surface area contributed by atoms with Gasteiger partial charge in [0.2, 0.25) is 11.8 Å². The third-order valence-corrected chi connectivity index (χ3v) is 3.07. The fourth-order valence-corrected chi connectivity index (χ4v) is 2.07. The molecule has 2 rings (SSSR count). The van der Waals surface area contributed by atoms with Crippen LogP contribution in [-0.2, 0) is 11.3 Å². The van der Waals surface area contributed by atoms with Crippen LogP contribution < -0.4 is 0 Å². The molecule has 0 amide bonds. The van der Waals surface area contributed by atoms with E-state index in [0.29, 0.717) is 29.9 Å². The molecule has 1 heterocycles. The molecule has 7 heteroatoms. The summed E-state index contributed by atoms with van der Waals surface area (Å²) in [6.45, 7) is 2.92. The number of rotatable bonds is 7. The topological polar surface area (TPSA) is 79.5 Å². The normalized spacial score (nSPS) is 11.0. The number of hydrogen-bond donors (Lipinski definition) is 1. The molecule has 0 aliphatic rings. The van der Waals surface area contributed by atoms with Gasteiger partial charge in [-0.3, -0.25) is 9.69 Å². The summed E-state index contributed by atoms with van der Waals surface area (Å²) in [5.74, 6) is -0.0796. The maximum Gasteiger partial charge on any atom is 0.317 e. The average molecular weight is 310 g/mol. The summed E-state index contributed by atoms with van der Waals surface area (Å²) in [7, 11) is 0. The smallest absolute Gasteiger partial charge is 0.317 e. The van der Waals surface area contributed by atoms with E-state index in [9.17, 15) is 4.79 Å². The molecule has 1 aromatic carbocycles. The molecule has 0 saturated carbocycles. The van der Waals surface area contributed by atoms with Crippen LogP contribution in [0.1, 0.15) is 19.2 Å². The van der Waals surface area contributed by atoms with E-state index in [1.807, 2.05) is 6.92 Å². The lowest BCUT2D eigenvalue weighted by Gasteiger charge is -2.16. The van der Waals surface area contributed by atoms with Crippen LogP contribution in [0.5, 0.6) is 0 Å². The van der Waals surface area contributed by atoms with Crippen LogP contribution in [-0.4, -0.2) is 39.3 Å². The van der Waals surface area contributed by atoms with Crippen molar-refractivity contribution in [3.05, 3.63) is 35.2 Å². The van der Waals surface area contributed by atoms with E-state index >= 15 is 0 Å². The number of aliphatic carboxylic acids is 1. The summed E-state index contributed by atoms with van der Waals surface area (Å²) in [6.07, 6.45) is 0.853. The third kappa shape index (κ3) is 4.54. The maximum atomic E-state index is 10.8. The molecule has 6 nitrogen and oxygen atoms in total. The molecule has 0 saturated heterocycles. The van der Waals surface area contributed by atoms with Gasteiger partial charge in [0, 0.05) is 10.6 Å². The maximum absolute atomic E-state index is 10.8. The van der Waals surface area contributed by atoms with Crippen molar-refractivity contribution in [3.8, 4) is 11.5 Å². The first-order valence-electron chi connectivity index (χ1n) is 6.61. The van der Waals surface area contributed by atoms with Crippen LogP contribution in [0.3, 0.4) is 0 Å². The molecule has 0 atom stereocenters. The minimum atomic E-state index is -0.874. The predicted molar refractivity (Wildman–Crippen MR) is 77.9 cm³/mol. The zero-order valence-corrected chi connectivity index (χ0v) is 12.4. The van der Waals surface area contributed by atoms with Gasteiger partial charge in [0.15, 0.2) is 0 Å². The lowest BCUT2D eigenvalue weighted by Crippen LogP contribution is -2.30. The number of carbonyl (C=O) groups is 1. The van der Waals surface area contributed by atoms with E-state index < -0.39 is 5.97 Å². The average Bonchev–Trinajstić information content (AvgIpc) is 2.87. The number of carboxylic acids is 1. The lowest BCUT2D eigenvalue weighted by molar-refractivity contribution is -0.138. The van der Waals surface area contributed by atoms with Crippen molar-refractivity contribution in [1.29, 1.82) is 0 Å². The van der Waals surface area contributed by atoms with Gasteiger partial charge in [-0.25, -0.2) is 0 Å². The Morgan fingerprint density at radius 2 is 2.05 bits per heavy atom. The Morgan fingerprint density at radius 3 is 2.67 bits per heavy atom. The highest BCUT2D eigenvalue weighted by atomic mass is 35.5. The van der Waals surface area contributed by atoms with E-state index in [4.69, 9.17) is 21.1 Å². The van der Waals surface area contributed by atoms with Crippen molar-refractivity contribution in [2.75, 3.05) is 13.1 Å². The van der Waals surface area contributed by atoms with E-state index in [1.54, 1.807) is 29.2 Å². The first kappa shape index (κ1) is 15.5. The SMILES string of the molecule is CCCN(CC(=O)O)Cc1nnc(-c2ccc(Cl)cc2)o1. The van der Waals surface area contributed by atoms with Crippen LogP contribution >= 0.6 is 11.6 Å². The lowest BCUT2D eigenvalue weighted by atomic mass is 10.2. The van der Waals surface area contributed by atoms with Crippen molar-refractivity contribution in [2.24, 2.45) is 0 Å². The molecule has 0 bridgehead atoms. The molecule has 0 fully saturated rings. The Bertz CT molecular complexity index is 598. The monoisotopic (exact) mass is 309 g/mol. The molecular weight excluding hydrogens is 294 g/mol. The van der Waals surface area contributed by atoms with Crippen LogP contribution in [0.25, 0.3) is 11.5 Å². The molecule has 2 aromatic rings. The number of halogens is 1. The van der Waals surface area contributed by atoms with E-state index in [-0.39, 0.29) is 6.54 Å². The fraction of sp³-hybridized carbons (Fsp3) is 0.357. The molecule has 0 unspecified atom stereocenters. The predicted octanol–water partition coefficient (Wildman–Crippen LogP) is 2.69. The van der Waals surface area contributed by atoms with Gasteiger partial charge in [0.1, 0.15) is 0 Å². The molecule has 112 valence electrons. The zero-order chi connectivity index (χ0) is 15.2. The molecular formula is C14H16ClN3O3. The quantitative estimate of drug-likeness (QED) is 0.847. The summed E-state index contributed by atoms with van der Waals surface area (Å²) in [5, 5.41) is 17.4. The molecule has 21 heavy (non-hydrogen) atoms. The van der Waals surface area contributed by atoms with E-state index in [2.05, 4.69) is 10.2 Å². The van der Waals surface area contributed by atoms with E-state index in [0.717, 1.165) is 12.0 Å². The number of hydrogen-bond acceptors (Lipinski definition) is 5.